The molecule has 0 saturated heterocycles. The molecule has 0 amide bonds. The molecule has 1 unspecified atom stereocenters. The van der Waals surface area contributed by atoms with Gasteiger partial charge in [-0.1, -0.05) is 32.0 Å². The molecule has 0 radical (unpaired) electrons. The lowest BCUT2D eigenvalue weighted by Crippen LogP contribution is -2.50. The van der Waals surface area contributed by atoms with Crippen LogP contribution in [0.25, 0.3) is 0 Å². The van der Waals surface area contributed by atoms with Crippen molar-refractivity contribution in [2.24, 2.45) is 11.0 Å². The van der Waals surface area contributed by atoms with Crippen LogP contribution in [0.3, 0.4) is 0 Å². The zero-order valence-corrected chi connectivity index (χ0v) is 13.6. The van der Waals surface area contributed by atoms with Gasteiger partial charge in [-0.25, -0.2) is 5.01 Å². The van der Waals surface area contributed by atoms with Gasteiger partial charge in [0.2, 0.25) is 0 Å². The summed E-state index contributed by atoms with van der Waals surface area (Å²) >= 11 is 5.15. The minimum atomic E-state index is -4.53. The Morgan fingerprint density at radius 2 is 2.00 bits per heavy atom. The number of halogens is 3. The third-order valence-electron chi connectivity index (χ3n) is 3.45. The van der Waals surface area contributed by atoms with E-state index in [1.807, 2.05) is 13.8 Å². The Kier molecular flexibility index (Phi) is 4.95. The number of hydrogen-bond donors (Lipinski definition) is 2. The number of para-hydroxylation sites is 1. The van der Waals surface area contributed by atoms with Gasteiger partial charge >= 0.3 is 6.18 Å². The topological polar surface area (TPSA) is 47.9 Å². The van der Waals surface area contributed by atoms with Crippen LogP contribution in [0.4, 0.5) is 18.9 Å². The molecule has 0 spiro atoms. The predicted octanol–water partition coefficient (Wildman–Crippen LogP) is 3.74. The van der Waals surface area contributed by atoms with Gasteiger partial charge in [0.1, 0.15) is 0 Å². The van der Waals surface area contributed by atoms with Gasteiger partial charge < -0.3 is 10.4 Å². The van der Waals surface area contributed by atoms with E-state index in [9.17, 15) is 18.3 Å². The van der Waals surface area contributed by atoms with Crippen LogP contribution in [0.2, 0.25) is 0 Å². The molecule has 2 N–H and O–H groups in total. The molecule has 1 aliphatic rings. The van der Waals surface area contributed by atoms with Crippen molar-refractivity contribution in [2.75, 3.05) is 5.32 Å². The average Bonchev–Trinajstić information content (AvgIpc) is 2.75. The largest absolute Gasteiger partial charge is 0.393 e. The van der Waals surface area contributed by atoms with E-state index >= 15 is 0 Å². The van der Waals surface area contributed by atoms with Gasteiger partial charge in [0, 0.05) is 17.8 Å². The highest BCUT2D eigenvalue weighted by Gasteiger charge is 2.50. The molecule has 8 heteroatoms. The fourth-order valence-corrected chi connectivity index (χ4v) is 2.66. The lowest BCUT2D eigenvalue weighted by atomic mass is 9.97. The van der Waals surface area contributed by atoms with Crippen LogP contribution in [0, 0.1) is 5.92 Å². The summed E-state index contributed by atoms with van der Waals surface area (Å²) in [6.45, 7) is 3.62. The van der Waals surface area contributed by atoms with Crippen molar-refractivity contribution in [3.63, 3.8) is 0 Å². The number of aliphatic hydroxyl groups is 1. The van der Waals surface area contributed by atoms with E-state index < -0.39 is 18.3 Å². The lowest BCUT2D eigenvalue weighted by molar-refractivity contribution is -0.197. The van der Waals surface area contributed by atoms with Gasteiger partial charge in [-0.3, -0.25) is 0 Å². The average molecular weight is 345 g/mol. The standard InChI is InChI=1S/C15H18F3N3OS/c1-10(2)12-8-14(22,9-15(16,17)18)21(20-12)13(23)19-11-6-4-3-5-7-11/h3-7,10,22H,8-9H2,1-2H3,(H,19,23). The zero-order valence-electron chi connectivity index (χ0n) is 12.8. The number of benzene rings is 1. The Labute approximate surface area is 138 Å². The lowest BCUT2D eigenvalue weighted by Gasteiger charge is -2.33. The quantitative estimate of drug-likeness (QED) is 0.820. The van der Waals surface area contributed by atoms with E-state index in [0.717, 1.165) is 5.01 Å². The molecule has 1 aromatic rings. The number of hydrazone groups is 1. The second-order valence-corrected chi connectivity index (χ2v) is 6.19. The highest BCUT2D eigenvalue weighted by atomic mass is 32.1. The van der Waals surface area contributed by atoms with E-state index in [1.54, 1.807) is 30.3 Å². The molecule has 2 rings (SSSR count). The molecule has 0 fully saturated rings. The summed E-state index contributed by atoms with van der Waals surface area (Å²) in [5.74, 6) is -0.0840. The molecule has 1 aliphatic heterocycles. The number of rotatable bonds is 3. The van der Waals surface area contributed by atoms with E-state index in [2.05, 4.69) is 10.4 Å². The SMILES string of the molecule is CC(C)C1=NN(C(=S)Nc2ccccc2)C(O)(CC(F)(F)F)C1. The highest BCUT2D eigenvalue weighted by molar-refractivity contribution is 7.80. The Morgan fingerprint density at radius 3 is 2.52 bits per heavy atom. The normalized spacial score (nSPS) is 21.5. The maximum Gasteiger partial charge on any atom is 0.393 e. The molecule has 0 aliphatic carbocycles. The molecule has 126 valence electrons. The fraction of sp³-hybridized carbons (Fsp3) is 0.467. The number of alkyl halides is 3. The Balaban J connectivity index is 2.24. The first-order chi connectivity index (χ1) is 10.6. The molecular formula is C15H18F3N3OS. The molecule has 23 heavy (non-hydrogen) atoms. The minimum absolute atomic E-state index is 0.0707. The van der Waals surface area contributed by atoms with Crippen molar-refractivity contribution in [2.45, 2.75) is 38.6 Å². The summed E-state index contributed by atoms with van der Waals surface area (Å²) in [7, 11) is 0. The Morgan fingerprint density at radius 1 is 1.39 bits per heavy atom. The van der Waals surface area contributed by atoms with Crippen LogP contribution in [-0.2, 0) is 0 Å². The van der Waals surface area contributed by atoms with Crippen LogP contribution >= 0.6 is 12.2 Å². The van der Waals surface area contributed by atoms with Crippen LogP contribution in [0.5, 0.6) is 0 Å². The summed E-state index contributed by atoms with van der Waals surface area (Å²) < 4.78 is 38.5. The number of anilines is 1. The van der Waals surface area contributed by atoms with Gasteiger partial charge in [0.15, 0.2) is 10.8 Å². The summed E-state index contributed by atoms with van der Waals surface area (Å²) in [6.07, 6.45) is -6.13. The van der Waals surface area contributed by atoms with Gasteiger partial charge in [-0.2, -0.15) is 18.3 Å². The first-order valence-electron chi connectivity index (χ1n) is 7.13. The molecule has 0 bridgehead atoms. The molecule has 1 aromatic carbocycles. The second-order valence-electron chi connectivity index (χ2n) is 5.81. The van der Waals surface area contributed by atoms with Gasteiger partial charge in [0.05, 0.1) is 6.42 Å². The maximum atomic E-state index is 12.8. The van der Waals surface area contributed by atoms with E-state index in [-0.39, 0.29) is 17.5 Å². The van der Waals surface area contributed by atoms with Gasteiger partial charge in [-0.05, 0) is 30.3 Å². The summed E-state index contributed by atoms with van der Waals surface area (Å²) in [5, 5.41) is 18.2. The minimum Gasteiger partial charge on any atom is -0.368 e. The van der Waals surface area contributed by atoms with Crippen LogP contribution in [0.15, 0.2) is 35.4 Å². The van der Waals surface area contributed by atoms with Crippen molar-refractivity contribution in [3.8, 4) is 0 Å². The zero-order chi connectivity index (χ0) is 17.3. The smallest absolute Gasteiger partial charge is 0.368 e. The second kappa shape index (κ2) is 6.45. The molecular weight excluding hydrogens is 327 g/mol. The van der Waals surface area contributed by atoms with E-state index in [1.165, 1.54) is 0 Å². The Bertz CT molecular complexity index is 604. The van der Waals surface area contributed by atoms with Crippen LogP contribution < -0.4 is 5.32 Å². The van der Waals surface area contributed by atoms with Crippen molar-refractivity contribution in [1.82, 2.24) is 5.01 Å². The summed E-state index contributed by atoms with van der Waals surface area (Å²) in [4.78, 5) is 0. The van der Waals surface area contributed by atoms with Crippen molar-refractivity contribution in [3.05, 3.63) is 30.3 Å². The first-order valence-corrected chi connectivity index (χ1v) is 7.54. The third kappa shape index (κ3) is 4.42. The van der Waals surface area contributed by atoms with Crippen LogP contribution in [0.1, 0.15) is 26.7 Å². The molecule has 4 nitrogen and oxygen atoms in total. The van der Waals surface area contributed by atoms with Crippen molar-refractivity contribution in [1.29, 1.82) is 0 Å². The number of hydrogen-bond acceptors (Lipinski definition) is 3. The summed E-state index contributed by atoms with van der Waals surface area (Å²) in [5.41, 5.74) is -1.11. The summed E-state index contributed by atoms with van der Waals surface area (Å²) in [6, 6.07) is 8.77. The molecule has 1 heterocycles. The van der Waals surface area contributed by atoms with E-state index in [4.69, 9.17) is 12.2 Å². The molecule has 0 aromatic heterocycles. The molecule has 0 saturated carbocycles. The monoisotopic (exact) mass is 345 g/mol. The van der Waals surface area contributed by atoms with Crippen LogP contribution in [-0.4, -0.2) is 32.8 Å². The predicted molar refractivity (Wildman–Crippen MR) is 87.0 cm³/mol. The fourth-order valence-electron chi connectivity index (χ4n) is 2.33. The number of nitrogens with zero attached hydrogens (tertiary/aromatic N) is 2. The van der Waals surface area contributed by atoms with Crippen molar-refractivity contribution >= 4 is 28.7 Å². The van der Waals surface area contributed by atoms with Crippen molar-refractivity contribution < 1.29 is 18.3 Å². The number of nitrogens with one attached hydrogen (secondary N) is 1. The Hall–Kier alpha value is -1.67. The first kappa shape index (κ1) is 17.7. The third-order valence-corrected chi connectivity index (χ3v) is 3.73. The maximum absolute atomic E-state index is 12.8. The van der Waals surface area contributed by atoms with Gasteiger partial charge in [0.25, 0.3) is 0 Å². The van der Waals surface area contributed by atoms with Gasteiger partial charge in [-0.15, -0.1) is 0 Å². The number of thiocarbonyl (C=S) groups is 1. The van der Waals surface area contributed by atoms with E-state index in [0.29, 0.717) is 11.4 Å². The highest BCUT2D eigenvalue weighted by Crippen LogP contribution is 2.37. The molecule has 1 atom stereocenters.